The summed E-state index contributed by atoms with van der Waals surface area (Å²) in [5.41, 5.74) is 5.14. The number of benzene rings is 2. The van der Waals surface area contributed by atoms with E-state index < -0.39 is 36.1 Å². The van der Waals surface area contributed by atoms with E-state index in [1.165, 1.54) is 16.9 Å². The van der Waals surface area contributed by atoms with Crippen LogP contribution in [0, 0.1) is 0 Å². The van der Waals surface area contributed by atoms with Gasteiger partial charge in [0.15, 0.2) is 5.82 Å². The van der Waals surface area contributed by atoms with Crippen molar-refractivity contribution >= 4 is 52.8 Å². The van der Waals surface area contributed by atoms with Crippen molar-refractivity contribution in [3.8, 4) is 11.1 Å². The Morgan fingerprint density at radius 3 is 2.23 bits per heavy atom. The molecule has 420 valence electrons. The summed E-state index contributed by atoms with van der Waals surface area (Å²) in [5.74, 6) is -1.86. The van der Waals surface area contributed by atoms with Gasteiger partial charge in [-0.2, -0.15) is 10.2 Å². The minimum atomic E-state index is -2.78. The predicted molar refractivity (Wildman–Crippen MR) is 277 cm³/mol. The van der Waals surface area contributed by atoms with Crippen molar-refractivity contribution in [1.29, 1.82) is 0 Å². The van der Waals surface area contributed by atoms with E-state index in [4.69, 9.17) is 33.5 Å². The summed E-state index contributed by atoms with van der Waals surface area (Å²) in [4.78, 5) is 80.5. The minimum absolute atomic E-state index is 0.0459. The molecule has 2 saturated heterocycles. The number of carbonyl (C=O) groups excluding carboxylic acids is 6. The Bertz CT molecular complexity index is 2800. The molecule has 7 amide bonds. The molecule has 25 heteroatoms. The van der Waals surface area contributed by atoms with E-state index in [1.54, 1.807) is 36.3 Å². The van der Waals surface area contributed by atoms with Crippen LogP contribution in [0.15, 0.2) is 42.7 Å². The number of urea groups is 1. The molecule has 4 N–H and O–H groups in total. The van der Waals surface area contributed by atoms with Crippen LogP contribution in [0.2, 0.25) is 0 Å². The molecular formula is C53H67F2N11O12. The molecule has 23 nitrogen and oxygen atoms in total. The molecule has 0 aliphatic carbocycles. The van der Waals surface area contributed by atoms with Gasteiger partial charge in [-0.3, -0.25) is 43.6 Å². The number of piperidine rings is 1. The number of nitrogens with zero attached hydrogens (tertiary/aromatic N) is 7. The van der Waals surface area contributed by atoms with E-state index >= 15 is 0 Å². The van der Waals surface area contributed by atoms with Crippen LogP contribution in [0.3, 0.4) is 0 Å². The van der Waals surface area contributed by atoms with Gasteiger partial charge in [0.25, 0.3) is 18.2 Å². The van der Waals surface area contributed by atoms with Crippen LogP contribution in [0.5, 0.6) is 0 Å². The topological polar surface area (TPSA) is 251 Å². The van der Waals surface area contributed by atoms with Gasteiger partial charge in [-0.15, -0.1) is 0 Å². The fraction of sp³-hybridized carbons (Fsp3) is 0.547. The normalized spacial score (nSPS) is 17.6. The Labute approximate surface area is 449 Å². The number of halogens is 2. The molecule has 78 heavy (non-hydrogen) atoms. The molecule has 5 aliphatic heterocycles. The zero-order valence-corrected chi connectivity index (χ0v) is 43.7. The van der Waals surface area contributed by atoms with E-state index in [1.807, 2.05) is 11.0 Å². The smallest absolute Gasteiger partial charge is 0.317 e. The van der Waals surface area contributed by atoms with Gasteiger partial charge >= 0.3 is 6.03 Å². The highest BCUT2D eigenvalue weighted by atomic mass is 19.3. The highest BCUT2D eigenvalue weighted by Crippen LogP contribution is 2.44. The molecule has 2 fully saturated rings. The third-order valence-electron chi connectivity index (χ3n) is 14.3. The third-order valence-corrected chi connectivity index (χ3v) is 14.3. The average molecular weight is 1090 g/mol. The Hall–Kier alpha value is -6.90. The van der Waals surface area contributed by atoms with E-state index in [9.17, 15) is 37.5 Å². The number of ether oxygens (including phenoxy) is 6. The summed E-state index contributed by atoms with van der Waals surface area (Å²) in [6.45, 7) is 6.62. The largest absolute Gasteiger partial charge is 0.382 e. The van der Waals surface area contributed by atoms with Crippen molar-refractivity contribution < 1.29 is 66.0 Å². The van der Waals surface area contributed by atoms with Crippen LogP contribution in [0.25, 0.3) is 11.1 Å². The summed E-state index contributed by atoms with van der Waals surface area (Å²) in [5, 5.41) is 20.4. The van der Waals surface area contributed by atoms with Crippen molar-refractivity contribution in [2.75, 3.05) is 123 Å². The number of hydrogen-bond donors (Lipinski definition) is 4. The number of anilines is 3. The quantitative estimate of drug-likeness (QED) is 0.0519. The third kappa shape index (κ3) is 13.2. The molecule has 1 unspecified atom stereocenters. The van der Waals surface area contributed by atoms with E-state index in [-0.39, 0.29) is 67.2 Å². The van der Waals surface area contributed by atoms with E-state index in [0.717, 1.165) is 41.0 Å². The molecule has 2 aromatic carbocycles. The maximum atomic E-state index is 15.0. The second kappa shape index (κ2) is 26.6. The van der Waals surface area contributed by atoms with Crippen LogP contribution < -0.4 is 26.2 Å². The number of fused-ring (bicyclic) bond motifs is 3. The van der Waals surface area contributed by atoms with Crippen LogP contribution in [0.1, 0.15) is 87.7 Å². The Kier molecular flexibility index (Phi) is 19.1. The van der Waals surface area contributed by atoms with Gasteiger partial charge in [0, 0.05) is 99.2 Å². The van der Waals surface area contributed by atoms with Gasteiger partial charge in [0.05, 0.1) is 96.0 Å². The van der Waals surface area contributed by atoms with Gasteiger partial charge in [-0.1, -0.05) is 6.07 Å². The lowest BCUT2D eigenvalue weighted by Crippen LogP contribution is -2.54. The highest BCUT2D eigenvalue weighted by molar-refractivity contribution is 6.25. The second-order valence-corrected chi connectivity index (χ2v) is 19.3. The molecule has 7 heterocycles. The first-order chi connectivity index (χ1) is 38.0. The fourth-order valence-corrected chi connectivity index (χ4v) is 10.5. The molecule has 1 atom stereocenters. The molecule has 0 radical (unpaired) electrons. The first-order valence-corrected chi connectivity index (χ1v) is 26.6. The predicted octanol–water partition coefficient (Wildman–Crippen LogP) is 3.53. The molecule has 0 spiro atoms. The van der Waals surface area contributed by atoms with Crippen LogP contribution in [-0.2, 0) is 68.7 Å². The number of nitrogens with one attached hydrogen (secondary N) is 4. The van der Waals surface area contributed by atoms with Gasteiger partial charge in [0.2, 0.25) is 17.7 Å². The number of hydrogen-bond acceptors (Lipinski definition) is 16. The summed E-state index contributed by atoms with van der Waals surface area (Å²) in [7, 11) is 1.61. The molecule has 2 aromatic heterocycles. The number of aryl methyl sites for hydroxylation is 1. The number of amides is 7. The van der Waals surface area contributed by atoms with Crippen molar-refractivity contribution in [3.63, 3.8) is 0 Å². The standard InChI is InChI=1S/C53H67F2N11O12/c1-56-53(72)62-15-9-42-40(32-62)49(61-66(42)36-10-16-73-17-11-36)64-14-3-4-34-28-38(39(48(54)55)29-44(34)64)35-30-59-63(31-35)33-46(68)58-13-19-75-21-23-77-25-27-78-26-24-76-22-20-74-18-12-57-41-6-2-5-37-47(41)52(71)65(51(37)70)43-7-8-45(67)60-50(43)69/h2,5-6,28-31,36,43,48,57H,3-4,7-27,32-33H2,1H3,(H,56,72)(H,58,68)(H,60,67,69). The lowest BCUT2D eigenvalue weighted by molar-refractivity contribution is -0.136. The SMILES string of the molecule is CNC(=O)N1CCc2c(c(N3CCCc4cc(-c5cnn(CC(=O)NCCOCCOCCOCCOCCOCCNc6cccc7c6C(=O)N(C6CCC(=O)NC6=O)C7=O)c5)c(C(F)F)cc43)nn2C2CCOCC2)C1. The van der Waals surface area contributed by atoms with Crippen LogP contribution in [-0.4, -0.2) is 183 Å². The summed E-state index contributed by atoms with van der Waals surface area (Å²) in [6.07, 6.45) is 4.21. The number of imide groups is 2. The van der Waals surface area contributed by atoms with Crippen LogP contribution in [0.4, 0.5) is 30.8 Å². The maximum absolute atomic E-state index is 15.0. The Balaban J connectivity index is 0.626. The van der Waals surface area contributed by atoms with Crippen molar-refractivity contribution in [1.82, 2.24) is 45.3 Å². The minimum Gasteiger partial charge on any atom is -0.382 e. The van der Waals surface area contributed by atoms with E-state index in [2.05, 4.69) is 31.0 Å². The van der Waals surface area contributed by atoms with Gasteiger partial charge in [-0.25, -0.2) is 13.6 Å². The lowest BCUT2D eigenvalue weighted by Gasteiger charge is -2.33. The summed E-state index contributed by atoms with van der Waals surface area (Å²) >= 11 is 0. The van der Waals surface area contributed by atoms with Gasteiger partial charge < -0.3 is 54.2 Å². The molecule has 4 aromatic rings. The molecule has 0 bridgehead atoms. The number of alkyl halides is 2. The molecule has 0 saturated carbocycles. The number of aromatic nitrogens is 4. The molecule has 5 aliphatic rings. The first kappa shape index (κ1) is 55.8. The van der Waals surface area contributed by atoms with Crippen LogP contribution >= 0.6 is 0 Å². The van der Waals surface area contributed by atoms with Crippen molar-refractivity contribution in [2.45, 2.75) is 76.5 Å². The Morgan fingerprint density at radius 1 is 0.833 bits per heavy atom. The zero-order valence-electron chi connectivity index (χ0n) is 43.7. The molecular weight excluding hydrogens is 1020 g/mol. The monoisotopic (exact) mass is 1090 g/mol. The highest BCUT2D eigenvalue weighted by Gasteiger charge is 2.46. The van der Waals surface area contributed by atoms with Crippen molar-refractivity contribution in [2.24, 2.45) is 0 Å². The average Bonchev–Trinajstić information content (AvgIpc) is 4.20. The van der Waals surface area contributed by atoms with E-state index in [0.29, 0.717) is 140 Å². The number of rotatable bonds is 26. The summed E-state index contributed by atoms with van der Waals surface area (Å²) < 4.78 is 67.0. The first-order valence-electron chi connectivity index (χ1n) is 26.6. The maximum Gasteiger partial charge on any atom is 0.317 e. The fourth-order valence-electron chi connectivity index (χ4n) is 10.5. The summed E-state index contributed by atoms with van der Waals surface area (Å²) in [6, 6.07) is 7.20. The van der Waals surface area contributed by atoms with Crippen molar-refractivity contribution in [3.05, 3.63) is 76.2 Å². The zero-order chi connectivity index (χ0) is 54.5. The lowest BCUT2D eigenvalue weighted by atomic mass is 9.92. The number of carbonyl (C=O) groups is 6. The Morgan fingerprint density at radius 2 is 1.54 bits per heavy atom. The van der Waals surface area contributed by atoms with Gasteiger partial charge in [0.1, 0.15) is 12.6 Å². The second-order valence-electron chi connectivity index (χ2n) is 19.3. The van der Waals surface area contributed by atoms with Gasteiger partial charge in [-0.05, 0) is 67.5 Å². The molecule has 9 rings (SSSR count).